The van der Waals surface area contributed by atoms with Gasteiger partial charge in [-0.3, -0.25) is 14.9 Å². The molecule has 1 heterocycles. The molecule has 26 heavy (non-hydrogen) atoms. The van der Waals surface area contributed by atoms with Crippen LogP contribution in [0.5, 0.6) is 0 Å². The quantitative estimate of drug-likeness (QED) is 0.592. The molecule has 1 aromatic carbocycles. The normalized spacial score (nSPS) is 11.8. The first-order valence-electron chi connectivity index (χ1n) is 8.35. The summed E-state index contributed by atoms with van der Waals surface area (Å²) in [6.07, 6.45) is 1.33. The van der Waals surface area contributed by atoms with Crippen molar-refractivity contribution in [1.82, 2.24) is 9.36 Å². The van der Waals surface area contributed by atoms with E-state index in [-0.39, 0.29) is 17.1 Å². The van der Waals surface area contributed by atoms with Gasteiger partial charge < -0.3 is 5.32 Å². The Labute approximate surface area is 166 Å². The lowest BCUT2D eigenvalue weighted by Gasteiger charge is -2.11. The van der Waals surface area contributed by atoms with Crippen LogP contribution in [0.4, 0.5) is 10.8 Å². The Balaban J connectivity index is 1.86. The zero-order valence-electron chi connectivity index (χ0n) is 14.9. The van der Waals surface area contributed by atoms with Gasteiger partial charge in [-0.25, -0.2) is 0 Å². The molecule has 1 aromatic heterocycles. The molecule has 9 heteroatoms. The van der Waals surface area contributed by atoms with E-state index in [1.165, 1.54) is 23.3 Å². The largest absolute Gasteiger partial charge is 0.326 e. The number of aromatic nitrogens is 2. The molecular formula is C17H22N4O2S3. The molecule has 0 spiro atoms. The maximum atomic E-state index is 12.3. The van der Waals surface area contributed by atoms with Gasteiger partial charge in [0, 0.05) is 28.5 Å². The molecule has 0 fully saturated rings. The summed E-state index contributed by atoms with van der Waals surface area (Å²) >= 11 is 4.19. The van der Waals surface area contributed by atoms with Gasteiger partial charge in [-0.1, -0.05) is 25.6 Å². The minimum atomic E-state index is -0.276. The third-order valence-electron chi connectivity index (χ3n) is 3.21. The first-order valence-corrected chi connectivity index (χ1v) is 11.0. The zero-order chi connectivity index (χ0) is 18.9. The van der Waals surface area contributed by atoms with Crippen LogP contribution in [-0.4, -0.2) is 32.2 Å². The second-order valence-electron chi connectivity index (χ2n) is 5.39. The number of rotatable bonds is 9. The van der Waals surface area contributed by atoms with Crippen molar-refractivity contribution in [2.45, 2.75) is 48.9 Å². The van der Waals surface area contributed by atoms with Crippen LogP contribution in [0, 0.1) is 0 Å². The molecule has 0 bridgehead atoms. The van der Waals surface area contributed by atoms with Crippen molar-refractivity contribution in [2.75, 3.05) is 16.4 Å². The highest BCUT2D eigenvalue weighted by molar-refractivity contribution is 8.00. The predicted molar refractivity (Wildman–Crippen MR) is 110 cm³/mol. The van der Waals surface area contributed by atoms with Gasteiger partial charge in [-0.2, -0.15) is 9.36 Å². The number of nitrogens with zero attached hydrogens (tertiary/aromatic N) is 2. The number of anilines is 2. The third-order valence-corrected chi connectivity index (χ3v) is 5.80. The summed E-state index contributed by atoms with van der Waals surface area (Å²) in [7, 11) is 0. The smallest absolute Gasteiger partial charge is 0.239 e. The third kappa shape index (κ3) is 6.62. The Kier molecular flexibility index (Phi) is 8.40. The lowest BCUT2D eigenvalue weighted by Crippen LogP contribution is -2.22. The first kappa shape index (κ1) is 20.7. The fourth-order valence-corrected chi connectivity index (χ4v) is 4.12. The van der Waals surface area contributed by atoms with E-state index in [0.29, 0.717) is 16.7 Å². The maximum absolute atomic E-state index is 12.3. The zero-order valence-corrected chi connectivity index (χ0v) is 17.4. The number of carbonyl (C=O) groups is 2. The van der Waals surface area contributed by atoms with E-state index in [0.717, 1.165) is 22.8 Å². The molecule has 1 unspecified atom stereocenters. The number of amides is 2. The van der Waals surface area contributed by atoms with Crippen LogP contribution in [0.25, 0.3) is 0 Å². The number of carbonyl (C=O) groups excluding carboxylic acids is 2. The van der Waals surface area contributed by atoms with Crippen LogP contribution in [-0.2, 0) is 9.59 Å². The average Bonchev–Trinajstić information content (AvgIpc) is 3.04. The highest BCUT2D eigenvalue weighted by Crippen LogP contribution is 2.26. The molecule has 0 aliphatic heterocycles. The van der Waals surface area contributed by atoms with Crippen LogP contribution in [0.1, 0.15) is 33.6 Å². The van der Waals surface area contributed by atoms with Crippen molar-refractivity contribution >= 4 is 57.7 Å². The molecule has 2 amide bonds. The van der Waals surface area contributed by atoms with Crippen molar-refractivity contribution in [3.63, 3.8) is 0 Å². The van der Waals surface area contributed by atoms with Crippen molar-refractivity contribution in [3.8, 4) is 0 Å². The molecule has 6 nitrogen and oxygen atoms in total. The van der Waals surface area contributed by atoms with Crippen LogP contribution >= 0.6 is 35.1 Å². The van der Waals surface area contributed by atoms with E-state index in [1.54, 1.807) is 11.8 Å². The summed E-state index contributed by atoms with van der Waals surface area (Å²) in [6.45, 7) is 5.85. The van der Waals surface area contributed by atoms with Gasteiger partial charge in [0.2, 0.25) is 22.1 Å². The molecule has 0 saturated carbocycles. The van der Waals surface area contributed by atoms with Gasteiger partial charge in [0.25, 0.3) is 0 Å². The Morgan fingerprint density at radius 2 is 1.92 bits per heavy atom. The number of benzene rings is 1. The Hall–Kier alpha value is -1.58. The van der Waals surface area contributed by atoms with Gasteiger partial charge in [0.05, 0.1) is 5.25 Å². The maximum Gasteiger partial charge on any atom is 0.239 e. The van der Waals surface area contributed by atoms with Gasteiger partial charge in [-0.15, -0.1) is 11.8 Å². The van der Waals surface area contributed by atoms with Crippen molar-refractivity contribution < 1.29 is 9.59 Å². The van der Waals surface area contributed by atoms with E-state index in [1.807, 2.05) is 45.0 Å². The standard InChI is InChI=1S/C17H22N4O2S3/c1-4-6-14(22)18-12-7-9-13(10-8-12)25-11(3)15(23)19-16-20-17(21-26-16)24-5-2/h7-11H,4-6H2,1-3H3,(H,18,22)(H,19,20,21,23). The molecule has 1 atom stereocenters. The Morgan fingerprint density at radius 1 is 1.19 bits per heavy atom. The molecule has 0 radical (unpaired) electrons. The van der Waals surface area contributed by atoms with Crippen molar-refractivity contribution in [1.29, 1.82) is 0 Å². The second kappa shape index (κ2) is 10.5. The average molecular weight is 411 g/mol. The Bertz CT molecular complexity index is 734. The van der Waals surface area contributed by atoms with Crippen molar-refractivity contribution in [2.24, 2.45) is 0 Å². The molecule has 2 N–H and O–H groups in total. The van der Waals surface area contributed by atoms with Crippen LogP contribution < -0.4 is 10.6 Å². The number of hydrogen-bond donors (Lipinski definition) is 2. The van der Waals surface area contributed by atoms with Gasteiger partial charge in [0.1, 0.15) is 0 Å². The van der Waals surface area contributed by atoms with E-state index in [2.05, 4.69) is 20.0 Å². The molecule has 0 aliphatic rings. The van der Waals surface area contributed by atoms with Gasteiger partial charge >= 0.3 is 0 Å². The second-order valence-corrected chi connectivity index (χ2v) is 8.78. The fraction of sp³-hybridized carbons (Fsp3) is 0.412. The molecule has 0 aliphatic carbocycles. The number of nitrogens with one attached hydrogen (secondary N) is 2. The lowest BCUT2D eigenvalue weighted by atomic mass is 10.3. The van der Waals surface area contributed by atoms with Crippen LogP contribution in [0.3, 0.4) is 0 Å². The first-order chi connectivity index (χ1) is 12.5. The monoisotopic (exact) mass is 410 g/mol. The van der Waals surface area contributed by atoms with Crippen LogP contribution in [0.15, 0.2) is 34.3 Å². The predicted octanol–water partition coefficient (Wildman–Crippen LogP) is 4.51. The summed E-state index contributed by atoms with van der Waals surface area (Å²) in [5.74, 6) is 0.795. The lowest BCUT2D eigenvalue weighted by molar-refractivity contribution is -0.116. The summed E-state index contributed by atoms with van der Waals surface area (Å²) < 4.78 is 4.19. The Morgan fingerprint density at radius 3 is 2.58 bits per heavy atom. The van der Waals surface area contributed by atoms with Gasteiger partial charge in [-0.05, 0) is 43.4 Å². The molecular weight excluding hydrogens is 388 g/mol. The van der Waals surface area contributed by atoms with E-state index in [9.17, 15) is 9.59 Å². The summed E-state index contributed by atoms with van der Waals surface area (Å²) in [6, 6.07) is 7.49. The highest BCUT2D eigenvalue weighted by Gasteiger charge is 2.16. The molecule has 0 saturated heterocycles. The van der Waals surface area contributed by atoms with E-state index < -0.39 is 0 Å². The number of thioether (sulfide) groups is 2. The SMILES string of the molecule is CCCC(=O)Nc1ccc(SC(C)C(=O)Nc2nc(SCC)ns2)cc1. The minimum absolute atomic E-state index is 0.0123. The van der Waals surface area contributed by atoms with E-state index >= 15 is 0 Å². The topological polar surface area (TPSA) is 84.0 Å². The molecule has 2 aromatic rings. The minimum Gasteiger partial charge on any atom is -0.326 e. The van der Waals surface area contributed by atoms with Crippen molar-refractivity contribution in [3.05, 3.63) is 24.3 Å². The van der Waals surface area contributed by atoms with Gasteiger partial charge in [0.15, 0.2) is 0 Å². The highest BCUT2D eigenvalue weighted by atomic mass is 32.2. The summed E-state index contributed by atoms with van der Waals surface area (Å²) in [5.41, 5.74) is 0.764. The summed E-state index contributed by atoms with van der Waals surface area (Å²) in [4.78, 5) is 29.1. The number of hydrogen-bond acceptors (Lipinski definition) is 7. The van der Waals surface area contributed by atoms with Crippen LogP contribution in [0.2, 0.25) is 0 Å². The fourth-order valence-electron chi connectivity index (χ4n) is 1.98. The molecule has 2 rings (SSSR count). The van der Waals surface area contributed by atoms with E-state index in [4.69, 9.17) is 0 Å². The molecule has 140 valence electrons. The summed E-state index contributed by atoms with van der Waals surface area (Å²) in [5, 5.41) is 6.59.